The summed E-state index contributed by atoms with van der Waals surface area (Å²) in [6, 6.07) is 10.2. The Balaban J connectivity index is 1.84. The summed E-state index contributed by atoms with van der Waals surface area (Å²) in [7, 11) is 1.64. The molecule has 1 amide bonds. The van der Waals surface area contributed by atoms with E-state index in [9.17, 15) is 4.79 Å². The molecule has 1 heterocycles. The fourth-order valence-corrected chi connectivity index (χ4v) is 3.14. The quantitative estimate of drug-likeness (QED) is 0.839. The van der Waals surface area contributed by atoms with Crippen molar-refractivity contribution in [2.24, 2.45) is 0 Å². The van der Waals surface area contributed by atoms with Crippen molar-refractivity contribution in [2.75, 3.05) is 7.11 Å². The van der Waals surface area contributed by atoms with Gasteiger partial charge >= 0.3 is 0 Å². The van der Waals surface area contributed by atoms with Crippen LogP contribution in [-0.4, -0.2) is 24.0 Å². The van der Waals surface area contributed by atoms with Gasteiger partial charge in [0.2, 0.25) is 0 Å². The van der Waals surface area contributed by atoms with Gasteiger partial charge < -0.3 is 9.64 Å². The minimum absolute atomic E-state index is 0.101. The lowest BCUT2D eigenvalue weighted by molar-refractivity contribution is 0.0731. The third-order valence-corrected chi connectivity index (χ3v) is 4.67. The first kappa shape index (κ1) is 14.1. The summed E-state index contributed by atoms with van der Waals surface area (Å²) in [5, 5.41) is 2.06. The van der Waals surface area contributed by atoms with Crippen molar-refractivity contribution in [2.45, 2.75) is 32.4 Å². The third kappa shape index (κ3) is 3.10. The molecule has 0 unspecified atom stereocenters. The van der Waals surface area contributed by atoms with Gasteiger partial charge in [-0.2, -0.15) is 0 Å². The molecule has 1 aromatic heterocycles. The SMILES string of the molecule is COc1cc(C(=O)N(Cc2cccs2)C2CC2)ccc1C. The summed E-state index contributed by atoms with van der Waals surface area (Å²) < 4.78 is 5.33. The van der Waals surface area contributed by atoms with Crippen molar-refractivity contribution in [3.63, 3.8) is 0 Å². The van der Waals surface area contributed by atoms with Gasteiger partial charge in [0, 0.05) is 16.5 Å². The normalized spacial score (nSPS) is 14.0. The van der Waals surface area contributed by atoms with Gasteiger partial charge in [0.15, 0.2) is 0 Å². The van der Waals surface area contributed by atoms with E-state index in [2.05, 4.69) is 11.4 Å². The van der Waals surface area contributed by atoms with Gasteiger partial charge in [0.1, 0.15) is 5.75 Å². The minimum atomic E-state index is 0.101. The maximum Gasteiger partial charge on any atom is 0.254 e. The number of amides is 1. The lowest BCUT2D eigenvalue weighted by atomic mass is 10.1. The highest BCUT2D eigenvalue weighted by molar-refractivity contribution is 7.09. The summed E-state index contributed by atoms with van der Waals surface area (Å²) in [6.07, 6.45) is 2.22. The van der Waals surface area contributed by atoms with E-state index in [-0.39, 0.29) is 5.91 Å². The number of benzene rings is 1. The van der Waals surface area contributed by atoms with E-state index < -0.39 is 0 Å². The third-order valence-electron chi connectivity index (χ3n) is 3.81. The maximum atomic E-state index is 12.8. The van der Waals surface area contributed by atoms with Crippen LogP contribution in [0, 0.1) is 6.92 Å². The van der Waals surface area contributed by atoms with Gasteiger partial charge in [-0.15, -0.1) is 11.3 Å². The van der Waals surface area contributed by atoms with Crippen LogP contribution in [-0.2, 0) is 6.54 Å². The van der Waals surface area contributed by atoms with Crippen molar-refractivity contribution in [3.05, 3.63) is 51.7 Å². The first-order valence-corrected chi connectivity index (χ1v) is 8.05. The molecule has 0 saturated heterocycles. The highest BCUT2D eigenvalue weighted by atomic mass is 32.1. The number of ether oxygens (including phenoxy) is 1. The second-order valence-electron chi connectivity index (χ2n) is 5.43. The highest BCUT2D eigenvalue weighted by Crippen LogP contribution is 2.31. The van der Waals surface area contributed by atoms with Crippen LogP contribution in [0.4, 0.5) is 0 Å². The average molecular weight is 301 g/mol. The van der Waals surface area contributed by atoms with Gasteiger partial charge in [0.05, 0.1) is 13.7 Å². The van der Waals surface area contributed by atoms with Crippen LogP contribution in [0.25, 0.3) is 0 Å². The molecular formula is C17H19NO2S. The van der Waals surface area contributed by atoms with Gasteiger partial charge in [-0.05, 0) is 48.9 Å². The predicted octanol–water partition coefficient (Wildman–Crippen LogP) is 3.87. The van der Waals surface area contributed by atoms with Crippen LogP contribution in [0.1, 0.15) is 33.6 Å². The van der Waals surface area contributed by atoms with Crippen LogP contribution in [0.5, 0.6) is 5.75 Å². The van der Waals surface area contributed by atoms with Crippen molar-refractivity contribution >= 4 is 17.2 Å². The monoisotopic (exact) mass is 301 g/mol. The molecule has 2 aromatic rings. The standard InChI is InChI=1S/C17H19NO2S/c1-12-5-6-13(10-16(12)20-2)17(19)18(14-7-8-14)11-15-4-3-9-21-15/h3-6,9-10,14H,7-8,11H2,1-2H3. The van der Waals surface area contributed by atoms with Crippen LogP contribution in [0.3, 0.4) is 0 Å². The van der Waals surface area contributed by atoms with Crippen LogP contribution in [0.15, 0.2) is 35.7 Å². The van der Waals surface area contributed by atoms with Gasteiger partial charge in [-0.1, -0.05) is 12.1 Å². The van der Waals surface area contributed by atoms with Crippen LogP contribution < -0.4 is 4.74 Å². The molecule has 3 nitrogen and oxygen atoms in total. The van der Waals surface area contributed by atoms with E-state index in [1.54, 1.807) is 18.4 Å². The largest absolute Gasteiger partial charge is 0.496 e. The number of aryl methyl sites for hydroxylation is 1. The number of rotatable bonds is 5. The second kappa shape index (κ2) is 5.90. The smallest absolute Gasteiger partial charge is 0.254 e. The predicted molar refractivity (Wildman–Crippen MR) is 84.9 cm³/mol. The molecule has 1 aliphatic carbocycles. The molecule has 110 valence electrons. The van der Waals surface area contributed by atoms with Gasteiger partial charge in [0.25, 0.3) is 5.91 Å². The zero-order valence-corrected chi connectivity index (χ0v) is 13.2. The molecule has 1 fully saturated rings. The van der Waals surface area contributed by atoms with E-state index in [1.807, 2.05) is 36.1 Å². The highest BCUT2D eigenvalue weighted by Gasteiger charge is 2.33. The summed E-state index contributed by atoms with van der Waals surface area (Å²) in [4.78, 5) is 16.0. The number of carbonyl (C=O) groups excluding carboxylic acids is 1. The molecule has 0 spiro atoms. The first-order valence-electron chi connectivity index (χ1n) is 7.17. The number of nitrogens with zero attached hydrogens (tertiary/aromatic N) is 1. The number of hydrogen-bond donors (Lipinski definition) is 0. The van der Waals surface area contributed by atoms with Gasteiger partial charge in [-0.25, -0.2) is 0 Å². The molecule has 1 saturated carbocycles. The Morgan fingerprint density at radius 1 is 1.38 bits per heavy atom. The summed E-state index contributed by atoms with van der Waals surface area (Å²) >= 11 is 1.70. The molecule has 3 rings (SSSR count). The van der Waals surface area contributed by atoms with Crippen LogP contribution >= 0.6 is 11.3 Å². The Hall–Kier alpha value is -1.81. The molecule has 0 aliphatic heterocycles. The maximum absolute atomic E-state index is 12.8. The second-order valence-corrected chi connectivity index (χ2v) is 6.46. The van der Waals surface area contributed by atoms with Crippen LogP contribution in [0.2, 0.25) is 0 Å². The number of carbonyl (C=O) groups is 1. The lowest BCUT2D eigenvalue weighted by Gasteiger charge is -2.22. The summed E-state index contributed by atoms with van der Waals surface area (Å²) in [5.74, 6) is 0.872. The lowest BCUT2D eigenvalue weighted by Crippen LogP contribution is -2.32. The van der Waals surface area contributed by atoms with E-state index in [1.165, 1.54) is 4.88 Å². The molecule has 0 radical (unpaired) electrons. The molecule has 1 aromatic carbocycles. The van der Waals surface area contributed by atoms with Crippen molar-refractivity contribution in [3.8, 4) is 5.75 Å². The fourth-order valence-electron chi connectivity index (χ4n) is 2.44. The molecule has 4 heteroatoms. The Bertz CT molecular complexity index is 632. The Morgan fingerprint density at radius 2 is 2.19 bits per heavy atom. The topological polar surface area (TPSA) is 29.5 Å². The molecule has 1 aliphatic rings. The number of methoxy groups -OCH3 is 1. The Morgan fingerprint density at radius 3 is 2.81 bits per heavy atom. The molecule has 21 heavy (non-hydrogen) atoms. The average Bonchev–Trinajstić information content (AvgIpc) is 3.21. The Labute approximate surface area is 129 Å². The van der Waals surface area contributed by atoms with E-state index in [0.717, 1.165) is 24.2 Å². The molecule has 0 atom stereocenters. The van der Waals surface area contributed by atoms with E-state index in [0.29, 0.717) is 18.2 Å². The number of hydrogen-bond acceptors (Lipinski definition) is 3. The van der Waals surface area contributed by atoms with Crippen molar-refractivity contribution in [1.82, 2.24) is 4.90 Å². The van der Waals surface area contributed by atoms with E-state index >= 15 is 0 Å². The molecule has 0 N–H and O–H groups in total. The van der Waals surface area contributed by atoms with Crippen molar-refractivity contribution < 1.29 is 9.53 Å². The minimum Gasteiger partial charge on any atom is -0.496 e. The van der Waals surface area contributed by atoms with E-state index in [4.69, 9.17) is 4.74 Å². The summed E-state index contributed by atoms with van der Waals surface area (Å²) in [5.41, 5.74) is 1.76. The zero-order chi connectivity index (χ0) is 14.8. The molecular weight excluding hydrogens is 282 g/mol. The first-order chi connectivity index (χ1) is 10.2. The Kier molecular flexibility index (Phi) is 3.97. The zero-order valence-electron chi connectivity index (χ0n) is 12.3. The van der Waals surface area contributed by atoms with Gasteiger partial charge in [-0.3, -0.25) is 4.79 Å². The summed E-state index contributed by atoms with van der Waals surface area (Å²) in [6.45, 7) is 2.69. The number of thiophene rings is 1. The van der Waals surface area contributed by atoms with Crippen molar-refractivity contribution in [1.29, 1.82) is 0 Å². The fraction of sp³-hybridized carbons (Fsp3) is 0.353. The molecule has 0 bridgehead atoms.